The van der Waals surface area contributed by atoms with Gasteiger partial charge in [-0.1, -0.05) is 12.1 Å². The summed E-state index contributed by atoms with van der Waals surface area (Å²) in [4.78, 5) is 4.03. The third-order valence-corrected chi connectivity index (χ3v) is 3.25. The van der Waals surface area contributed by atoms with E-state index in [0.29, 0.717) is 11.1 Å². The van der Waals surface area contributed by atoms with Crippen LogP contribution in [-0.4, -0.2) is 9.55 Å². The number of halogens is 2. The highest BCUT2D eigenvalue weighted by molar-refractivity contribution is 5.79. The van der Waals surface area contributed by atoms with Gasteiger partial charge in [0.1, 0.15) is 5.52 Å². The van der Waals surface area contributed by atoms with Gasteiger partial charge < -0.3 is 10.3 Å². The maximum absolute atomic E-state index is 14.0. The van der Waals surface area contributed by atoms with Crippen LogP contribution in [-0.2, 0) is 6.54 Å². The van der Waals surface area contributed by atoms with Crippen LogP contribution in [0.4, 0.5) is 14.7 Å². The Hall–Kier alpha value is -2.94. The second-order valence-electron chi connectivity index (χ2n) is 4.59. The first-order valence-electron chi connectivity index (χ1n) is 6.19. The first-order valence-corrected chi connectivity index (χ1v) is 6.19. The van der Waals surface area contributed by atoms with E-state index in [4.69, 9.17) is 11.0 Å². The van der Waals surface area contributed by atoms with Crippen molar-refractivity contribution in [1.82, 2.24) is 9.55 Å². The number of hydrogen-bond donors (Lipinski definition) is 1. The van der Waals surface area contributed by atoms with Crippen LogP contribution in [0.25, 0.3) is 11.0 Å². The normalized spacial score (nSPS) is 10.7. The van der Waals surface area contributed by atoms with Crippen molar-refractivity contribution in [3.63, 3.8) is 0 Å². The third-order valence-electron chi connectivity index (χ3n) is 3.25. The minimum Gasteiger partial charge on any atom is -0.369 e. The molecular formula is C15H10F2N4. The highest BCUT2D eigenvalue weighted by atomic mass is 19.2. The van der Waals surface area contributed by atoms with Crippen LogP contribution in [0.1, 0.15) is 11.1 Å². The van der Waals surface area contributed by atoms with E-state index in [2.05, 4.69) is 4.98 Å². The summed E-state index contributed by atoms with van der Waals surface area (Å²) in [6, 6.07) is 11.2. The molecule has 21 heavy (non-hydrogen) atoms. The Morgan fingerprint density at radius 1 is 1.14 bits per heavy atom. The van der Waals surface area contributed by atoms with Crippen molar-refractivity contribution in [2.24, 2.45) is 0 Å². The molecule has 0 fully saturated rings. The van der Waals surface area contributed by atoms with Crippen molar-refractivity contribution >= 4 is 17.0 Å². The van der Waals surface area contributed by atoms with Gasteiger partial charge in [0.25, 0.3) is 0 Å². The fourth-order valence-corrected chi connectivity index (χ4v) is 2.20. The second kappa shape index (κ2) is 4.87. The molecule has 0 saturated heterocycles. The molecule has 0 spiro atoms. The zero-order valence-corrected chi connectivity index (χ0v) is 10.8. The average Bonchev–Trinajstić information content (AvgIpc) is 2.81. The number of rotatable bonds is 2. The van der Waals surface area contributed by atoms with Gasteiger partial charge in [-0.05, 0) is 29.8 Å². The smallest absolute Gasteiger partial charge is 0.201 e. The van der Waals surface area contributed by atoms with Gasteiger partial charge in [0.2, 0.25) is 5.95 Å². The van der Waals surface area contributed by atoms with Crippen LogP contribution in [0.2, 0.25) is 0 Å². The van der Waals surface area contributed by atoms with Crippen LogP contribution >= 0.6 is 0 Å². The number of fused-ring (bicyclic) bond motifs is 1. The molecule has 3 rings (SSSR count). The van der Waals surface area contributed by atoms with Crippen molar-refractivity contribution in [2.45, 2.75) is 6.54 Å². The first kappa shape index (κ1) is 13.1. The lowest BCUT2D eigenvalue weighted by Gasteiger charge is -2.07. The number of benzene rings is 2. The molecular weight excluding hydrogens is 274 g/mol. The molecule has 1 aromatic heterocycles. The molecule has 0 aliphatic carbocycles. The molecule has 4 nitrogen and oxygen atoms in total. The van der Waals surface area contributed by atoms with E-state index in [0.717, 1.165) is 11.6 Å². The molecule has 0 aliphatic rings. The van der Waals surface area contributed by atoms with E-state index in [1.54, 1.807) is 24.3 Å². The maximum Gasteiger partial charge on any atom is 0.201 e. The molecule has 0 aliphatic heterocycles. The Bertz CT molecular complexity index is 860. The zero-order chi connectivity index (χ0) is 15.0. The number of hydrogen-bond acceptors (Lipinski definition) is 3. The Morgan fingerprint density at radius 3 is 2.52 bits per heavy atom. The van der Waals surface area contributed by atoms with Crippen molar-refractivity contribution in [3.05, 3.63) is 59.2 Å². The van der Waals surface area contributed by atoms with E-state index in [1.807, 2.05) is 6.07 Å². The molecule has 0 radical (unpaired) electrons. The largest absolute Gasteiger partial charge is 0.369 e. The number of aromatic nitrogens is 2. The van der Waals surface area contributed by atoms with Gasteiger partial charge in [-0.2, -0.15) is 5.26 Å². The monoisotopic (exact) mass is 284 g/mol. The van der Waals surface area contributed by atoms with Crippen LogP contribution in [0.5, 0.6) is 0 Å². The Labute approximate surface area is 119 Å². The molecule has 0 atom stereocenters. The Morgan fingerprint density at radius 2 is 1.86 bits per heavy atom. The minimum absolute atomic E-state index is 0.0388. The predicted molar refractivity (Wildman–Crippen MR) is 74.3 cm³/mol. The standard InChI is InChI=1S/C15H10F2N4/c16-11-5-6-12-14(13(11)17)21(15(19)20-12)8-10-3-1-9(7-18)2-4-10/h1-6H,8H2,(H2,19,20). The summed E-state index contributed by atoms with van der Waals surface area (Å²) in [6.45, 7) is 0.244. The summed E-state index contributed by atoms with van der Waals surface area (Å²) < 4.78 is 28.8. The molecule has 3 aromatic rings. The third kappa shape index (κ3) is 2.19. The highest BCUT2D eigenvalue weighted by Crippen LogP contribution is 2.24. The van der Waals surface area contributed by atoms with Gasteiger partial charge in [0, 0.05) is 0 Å². The van der Waals surface area contributed by atoms with Gasteiger partial charge in [0.15, 0.2) is 11.6 Å². The first-order chi connectivity index (χ1) is 10.1. The van der Waals surface area contributed by atoms with Crippen LogP contribution in [0, 0.1) is 23.0 Å². The summed E-state index contributed by atoms with van der Waals surface area (Å²) in [5.74, 6) is -1.80. The van der Waals surface area contributed by atoms with E-state index in [-0.39, 0.29) is 18.0 Å². The van der Waals surface area contributed by atoms with Crippen molar-refractivity contribution in [2.75, 3.05) is 5.73 Å². The van der Waals surface area contributed by atoms with E-state index < -0.39 is 11.6 Å². The molecule has 0 bridgehead atoms. The van der Waals surface area contributed by atoms with E-state index in [1.165, 1.54) is 10.6 Å². The number of nitriles is 1. The maximum atomic E-state index is 14.0. The van der Waals surface area contributed by atoms with Gasteiger partial charge in [0.05, 0.1) is 23.7 Å². The number of nitrogen functional groups attached to an aromatic ring is 1. The summed E-state index contributed by atoms with van der Waals surface area (Å²) in [5, 5.41) is 8.76. The lowest BCUT2D eigenvalue weighted by atomic mass is 10.1. The number of anilines is 1. The van der Waals surface area contributed by atoms with Crippen LogP contribution < -0.4 is 5.73 Å². The van der Waals surface area contributed by atoms with Gasteiger partial charge in [-0.25, -0.2) is 13.8 Å². The van der Waals surface area contributed by atoms with E-state index >= 15 is 0 Å². The van der Waals surface area contributed by atoms with Crippen molar-refractivity contribution < 1.29 is 8.78 Å². The molecule has 2 N–H and O–H groups in total. The summed E-state index contributed by atoms with van der Waals surface area (Å²) in [6.07, 6.45) is 0. The lowest BCUT2D eigenvalue weighted by Crippen LogP contribution is -2.06. The second-order valence-corrected chi connectivity index (χ2v) is 4.59. The van der Waals surface area contributed by atoms with Gasteiger partial charge >= 0.3 is 0 Å². The summed E-state index contributed by atoms with van der Waals surface area (Å²) in [5.41, 5.74) is 7.47. The average molecular weight is 284 g/mol. The fraction of sp³-hybridized carbons (Fsp3) is 0.0667. The lowest BCUT2D eigenvalue weighted by molar-refractivity contribution is 0.512. The number of imidazole rings is 1. The topological polar surface area (TPSA) is 67.6 Å². The quantitative estimate of drug-likeness (QED) is 0.786. The molecule has 0 unspecified atom stereocenters. The molecule has 0 amide bonds. The Kier molecular flexibility index (Phi) is 3.03. The van der Waals surface area contributed by atoms with Crippen LogP contribution in [0.15, 0.2) is 36.4 Å². The molecule has 2 aromatic carbocycles. The molecule has 104 valence electrons. The van der Waals surface area contributed by atoms with Crippen molar-refractivity contribution in [1.29, 1.82) is 5.26 Å². The predicted octanol–water partition coefficient (Wildman–Crippen LogP) is 2.82. The Balaban J connectivity index is 2.09. The highest BCUT2D eigenvalue weighted by Gasteiger charge is 2.16. The van der Waals surface area contributed by atoms with E-state index in [9.17, 15) is 8.78 Å². The summed E-state index contributed by atoms with van der Waals surface area (Å²) in [7, 11) is 0. The number of nitrogens with zero attached hydrogens (tertiary/aromatic N) is 3. The minimum atomic E-state index is -0.967. The molecule has 6 heteroatoms. The number of nitrogens with two attached hydrogens (primary N) is 1. The van der Waals surface area contributed by atoms with Gasteiger partial charge in [-0.3, -0.25) is 0 Å². The zero-order valence-electron chi connectivity index (χ0n) is 10.8. The SMILES string of the molecule is N#Cc1ccc(Cn2c(N)nc3ccc(F)c(F)c32)cc1. The van der Waals surface area contributed by atoms with Crippen molar-refractivity contribution in [3.8, 4) is 6.07 Å². The summed E-state index contributed by atoms with van der Waals surface area (Å²) >= 11 is 0. The fourth-order valence-electron chi connectivity index (χ4n) is 2.20. The molecule has 1 heterocycles. The van der Waals surface area contributed by atoms with Crippen LogP contribution in [0.3, 0.4) is 0 Å². The van der Waals surface area contributed by atoms with Gasteiger partial charge in [-0.15, -0.1) is 0 Å². The molecule has 0 saturated carbocycles.